The number of likely N-dealkylation sites (tertiary alicyclic amines) is 1. The third kappa shape index (κ3) is 7.08. The first-order chi connectivity index (χ1) is 19.9. The number of nitro benzene ring substituents is 2. The van der Waals surface area contributed by atoms with Crippen LogP contribution in [0.1, 0.15) is 31.4 Å². The Bertz CT molecular complexity index is 1340. The van der Waals surface area contributed by atoms with Crippen LogP contribution < -0.4 is 0 Å². The summed E-state index contributed by atoms with van der Waals surface area (Å²) in [7, 11) is 0. The van der Waals surface area contributed by atoms with Crippen LogP contribution in [0.4, 0.5) is 21.0 Å². The van der Waals surface area contributed by atoms with Gasteiger partial charge in [0.2, 0.25) is 5.91 Å². The van der Waals surface area contributed by atoms with Gasteiger partial charge in [0.1, 0.15) is 19.3 Å². The molecule has 2 saturated heterocycles. The van der Waals surface area contributed by atoms with Gasteiger partial charge in [-0.25, -0.2) is 9.59 Å². The van der Waals surface area contributed by atoms with E-state index in [1.165, 1.54) is 58.3 Å². The highest BCUT2D eigenvalue weighted by Crippen LogP contribution is 2.27. The highest BCUT2D eigenvalue weighted by atomic mass is 32.1. The van der Waals surface area contributed by atoms with Gasteiger partial charge in [0.05, 0.1) is 9.85 Å². The molecule has 2 fully saturated rings. The van der Waals surface area contributed by atoms with E-state index in [2.05, 4.69) is 12.6 Å². The molecular weight excluding hydrogens is 570 g/mol. The Morgan fingerprint density at radius 3 is 1.67 bits per heavy atom. The molecule has 14 nitrogen and oxygen atoms in total. The average Bonchev–Trinajstić information content (AvgIpc) is 3.37. The Hall–Kier alpha value is -4.40. The predicted molar refractivity (Wildman–Crippen MR) is 152 cm³/mol. The maximum atomic E-state index is 13.7. The number of hydrogen-bond acceptors (Lipinski definition) is 10. The summed E-state index contributed by atoms with van der Waals surface area (Å²) in [5.74, 6) is -0.267. The largest absolute Gasteiger partial charge is 0.445 e. The van der Waals surface area contributed by atoms with Gasteiger partial charge in [-0.05, 0) is 55.7 Å². The molecule has 0 N–H and O–H groups in total. The minimum atomic E-state index is -0.785. The fourth-order valence-electron chi connectivity index (χ4n) is 5.01. The zero-order chi connectivity index (χ0) is 30.6. The second-order valence-corrected chi connectivity index (χ2v) is 11.1. The molecule has 2 aliphatic rings. The minimum Gasteiger partial charge on any atom is -0.445 e. The third-order valence-electron chi connectivity index (χ3n) is 7.32. The summed E-state index contributed by atoms with van der Waals surface area (Å²) in [6.07, 6.45) is -0.905. The molecule has 42 heavy (non-hydrogen) atoms. The third-order valence-corrected chi connectivity index (χ3v) is 7.70. The van der Waals surface area contributed by atoms with E-state index in [0.717, 1.165) is 0 Å². The fraction of sp³-hybridized carbons (Fsp3) is 0.444. The standard InChI is InChI=1S/C27H31N5O9S/c1-17-13-29(26(34)40-15-19-3-7-21(8-4-19)31(36)37)18(2)12-28(17)25(33)24-11-23(42)14-30(24)27(35)41-16-20-5-9-22(10-6-20)32(38)39/h3-10,17-18,23-24,42H,11-16H2,1-2H3/t17-,18+,23+,24+/m1/s1. The number of carbonyl (C=O) groups is 3. The van der Waals surface area contributed by atoms with E-state index in [1.54, 1.807) is 11.8 Å². The first kappa shape index (κ1) is 30.6. The van der Waals surface area contributed by atoms with E-state index in [4.69, 9.17) is 9.47 Å². The SMILES string of the molecule is C[C@@H]1CN(C(=O)OCc2ccc([N+](=O)[O-])cc2)[C@@H](C)CN1C(=O)[C@@H]1C[C@H](S)CN1C(=O)OCc1ccc([N+](=O)[O-])cc1. The molecule has 0 unspecified atom stereocenters. The molecule has 3 amide bonds. The average molecular weight is 602 g/mol. The number of benzene rings is 2. The summed E-state index contributed by atoms with van der Waals surface area (Å²) in [4.78, 5) is 64.6. The van der Waals surface area contributed by atoms with Crippen LogP contribution in [0.5, 0.6) is 0 Å². The van der Waals surface area contributed by atoms with Crippen LogP contribution in [0.3, 0.4) is 0 Å². The number of thiol groups is 1. The van der Waals surface area contributed by atoms with Crippen LogP contribution in [0.25, 0.3) is 0 Å². The quantitative estimate of drug-likeness (QED) is 0.282. The molecule has 4 rings (SSSR count). The highest BCUT2D eigenvalue weighted by molar-refractivity contribution is 7.81. The van der Waals surface area contributed by atoms with Crippen LogP contribution in [-0.2, 0) is 27.5 Å². The van der Waals surface area contributed by atoms with Crippen molar-refractivity contribution in [1.82, 2.24) is 14.7 Å². The van der Waals surface area contributed by atoms with Crippen LogP contribution in [0, 0.1) is 20.2 Å². The Balaban J connectivity index is 1.33. The number of rotatable bonds is 7. The number of nitrogens with zero attached hydrogens (tertiary/aromatic N) is 5. The zero-order valence-electron chi connectivity index (χ0n) is 23.0. The lowest BCUT2D eigenvalue weighted by Gasteiger charge is -2.44. The lowest BCUT2D eigenvalue weighted by molar-refractivity contribution is -0.385. The van der Waals surface area contributed by atoms with Gasteiger partial charge in [0.25, 0.3) is 11.4 Å². The number of carbonyl (C=O) groups excluding carboxylic acids is 3. The lowest BCUT2D eigenvalue weighted by Crippen LogP contribution is -2.62. The maximum Gasteiger partial charge on any atom is 0.410 e. The van der Waals surface area contributed by atoms with E-state index in [1.807, 2.05) is 6.92 Å². The minimum absolute atomic E-state index is 0.0561. The van der Waals surface area contributed by atoms with Gasteiger partial charge in [-0.3, -0.25) is 29.9 Å². The summed E-state index contributed by atoms with van der Waals surface area (Å²) >= 11 is 4.50. The van der Waals surface area contributed by atoms with Crippen molar-refractivity contribution in [3.05, 3.63) is 79.9 Å². The van der Waals surface area contributed by atoms with Crippen molar-refractivity contribution in [2.24, 2.45) is 0 Å². The Kier molecular flexibility index (Phi) is 9.50. The molecule has 2 aromatic carbocycles. The summed E-state index contributed by atoms with van der Waals surface area (Å²) in [5.41, 5.74) is 1.04. The number of hydrogen-bond donors (Lipinski definition) is 1. The molecule has 0 radical (unpaired) electrons. The number of amides is 3. The molecule has 2 aliphatic heterocycles. The Morgan fingerprint density at radius 1 is 0.762 bits per heavy atom. The van der Waals surface area contributed by atoms with Crippen molar-refractivity contribution in [2.45, 2.75) is 56.9 Å². The lowest BCUT2D eigenvalue weighted by atomic mass is 10.1. The van der Waals surface area contributed by atoms with E-state index in [9.17, 15) is 34.6 Å². The second-order valence-electron chi connectivity index (χ2n) is 10.4. The monoisotopic (exact) mass is 601 g/mol. The molecule has 0 aromatic heterocycles. The highest BCUT2D eigenvalue weighted by Gasteiger charge is 2.44. The van der Waals surface area contributed by atoms with E-state index in [-0.39, 0.29) is 67.5 Å². The van der Waals surface area contributed by atoms with Gasteiger partial charge in [-0.15, -0.1) is 0 Å². The number of piperazine rings is 1. The topological polar surface area (TPSA) is 166 Å². The van der Waals surface area contributed by atoms with Gasteiger partial charge < -0.3 is 19.3 Å². The van der Waals surface area contributed by atoms with Crippen LogP contribution in [0.15, 0.2) is 48.5 Å². The molecule has 224 valence electrons. The number of ether oxygens (including phenoxy) is 2. The predicted octanol–water partition coefficient (Wildman–Crippen LogP) is 3.77. The second kappa shape index (κ2) is 13.1. The maximum absolute atomic E-state index is 13.7. The van der Waals surface area contributed by atoms with Crippen LogP contribution >= 0.6 is 12.6 Å². The van der Waals surface area contributed by atoms with Crippen LogP contribution in [0.2, 0.25) is 0 Å². The number of non-ortho nitro benzene ring substituents is 2. The molecule has 15 heteroatoms. The molecule has 4 atom stereocenters. The first-order valence-corrected chi connectivity index (χ1v) is 13.8. The summed E-state index contributed by atoms with van der Waals surface area (Å²) < 4.78 is 10.8. The molecule has 0 aliphatic carbocycles. The molecular formula is C27H31N5O9S. The van der Waals surface area contributed by atoms with Crippen molar-refractivity contribution >= 4 is 42.1 Å². The van der Waals surface area contributed by atoms with E-state index >= 15 is 0 Å². The molecule has 2 heterocycles. The molecule has 2 aromatic rings. The molecule has 0 spiro atoms. The van der Waals surface area contributed by atoms with Crippen molar-refractivity contribution in [1.29, 1.82) is 0 Å². The van der Waals surface area contributed by atoms with Gasteiger partial charge in [0.15, 0.2) is 0 Å². The van der Waals surface area contributed by atoms with Gasteiger partial charge in [0, 0.05) is 61.2 Å². The van der Waals surface area contributed by atoms with E-state index in [0.29, 0.717) is 17.5 Å². The summed E-state index contributed by atoms with van der Waals surface area (Å²) in [6, 6.07) is 9.84. The molecule has 0 saturated carbocycles. The molecule has 0 bridgehead atoms. The Morgan fingerprint density at radius 2 is 1.19 bits per heavy atom. The van der Waals surface area contributed by atoms with Crippen LogP contribution in [-0.4, -0.2) is 85.6 Å². The zero-order valence-corrected chi connectivity index (χ0v) is 23.9. The summed E-state index contributed by atoms with van der Waals surface area (Å²) in [5, 5.41) is 21.4. The summed E-state index contributed by atoms with van der Waals surface area (Å²) in [6.45, 7) is 4.10. The van der Waals surface area contributed by atoms with Gasteiger partial charge >= 0.3 is 12.2 Å². The van der Waals surface area contributed by atoms with Crippen molar-refractivity contribution in [3.8, 4) is 0 Å². The van der Waals surface area contributed by atoms with E-state index < -0.39 is 28.1 Å². The first-order valence-electron chi connectivity index (χ1n) is 13.3. The van der Waals surface area contributed by atoms with Gasteiger partial charge in [-0.2, -0.15) is 12.6 Å². The number of nitro groups is 2. The fourth-order valence-corrected chi connectivity index (χ4v) is 5.39. The smallest absolute Gasteiger partial charge is 0.410 e. The van der Waals surface area contributed by atoms with Crippen molar-refractivity contribution in [2.75, 3.05) is 19.6 Å². The van der Waals surface area contributed by atoms with Gasteiger partial charge in [-0.1, -0.05) is 0 Å². The Labute approximate surface area is 246 Å². The normalized spacial score (nSPS) is 22.0. The van der Waals surface area contributed by atoms with Crippen molar-refractivity contribution < 1.29 is 33.7 Å². The van der Waals surface area contributed by atoms with Crippen molar-refractivity contribution in [3.63, 3.8) is 0 Å².